The van der Waals surface area contributed by atoms with Gasteiger partial charge in [0.15, 0.2) is 5.75 Å². The zero-order chi connectivity index (χ0) is 15.1. The number of hydrogen-bond acceptors (Lipinski definition) is 4. The van der Waals surface area contributed by atoms with E-state index < -0.39 is 21.4 Å². The largest absolute Gasteiger partial charge is 0.534 e. The van der Waals surface area contributed by atoms with Crippen molar-refractivity contribution in [2.75, 3.05) is 0 Å². The van der Waals surface area contributed by atoms with Crippen molar-refractivity contribution in [3.8, 4) is 5.75 Å². The van der Waals surface area contributed by atoms with Crippen LogP contribution in [0, 0.1) is 7.14 Å². The molecule has 1 heterocycles. The first-order chi connectivity index (χ1) is 9.13. The van der Waals surface area contributed by atoms with Crippen molar-refractivity contribution in [1.29, 1.82) is 0 Å². The fourth-order valence-electron chi connectivity index (χ4n) is 1.38. The molecule has 0 atom stereocenters. The number of benzene rings is 1. The molecule has 0 spiro atoms. The van der Waals surface area contributed by atoms with Crippen molar-refractivity contribution in [3.63, 3.8) is 0 Å². The third-order valence-corrected chi connectivity index (χ3v) is 4.87. The first-order valence-electron chi connectivity index (χ1n) is 4.87. The van der Waals surface area contributed by atoms with Crippen LogP contribution in [0.4, 0.5) is 13.2 Å². The Bertz CT molecular complexity index is 777. The Morgan fingerprint density at radius 3 is 2.45 bits per heavy atom. The summed E-state index contributed by atoms with van der Waals surface area (Å²) in [6, 6.07) is 4.74. The van der Waals surface area contributed by atoms with E-state index in [2.05, 4.69) is 9.17 Å². The van der Waals surface area contributed by atoms with E-state index in [-0.39, 0.29) is 9.09 Å². The third kappa shape index (κ3) is 2.95. The van der Waals surface area contributed by atoms with Crippen LogP contribution >= 0.6 is 45.2 Å². The second-order valence-corrected chi connectivity index (χ2v) is 7.41. The molecular formula is C10H4F3I2NO3S. The molecule has 0 bridgehead atoms. The minimum Gasteiger partial charge on any atom is -0.373 e. The summed E-state index contributed by atoms with van der Waals surface area (Å²) in [5.41, 5.74) is -5.42. The highest BCUT2D eigenvalue weighted by molar-refractivity contribution is 14.1. The van der Waals surface area contributed by atoms with Gasteiger partial charge in [-0.15, -0.1) is 0 Å². The first-order valence-corrected chi connectivity index (χ1v) is 8.43. The Balaban J connectivity index is 2.67. The Morgan fingerprint density at radius 2 is 1.85 bits per heavy atom. The van der Waals surface area contributed by atoms with E-state index in [1.807, 2.05) is 22.6 Å². The molecule has 10 heteroatoms. The fourth-order valence-corrected chi connectivity index (χ4v) is 4.03. The van der Waals surface area contributed by atoms with Gasteiger partial charge in [-0.1, -0.05) is 6.07 Å². The van der Waals surface area contributed by atoms with Gasteiger partial charge in [0.25, 0.3) is 0 Å². The highest BCUT2D eigenvalue weighted by Crippen LogP contribution is 2.36. The number of rotatable bonds is 2. The zero-order valence-corrected chi connectivity index (χ0v) is 14.4. The van der Waals surface area contributed by atoms with Crippen LogP contribution in [0.25, 0.3) is 10.9 Å². The molecule has 1 aromatic heterocycles. The normalized spacial score (nSPS) is 12.7. The second kappa shape index (κ2) is 5.44. The van der Waals surface area contributed by atoms with E-state index >= 15 is 0 Å². The molecule has 20 heavy (non-hydrogen) atoms. The maximum atomic E-state index is 12.4. The molecule has 0 N–H and O–H groups in total. The molecule has 2 aromatic rings. The summed E-state index contributed by atoms with van der Waals surface area (Å²) < 4.78 is 64.6. The molecule has 0 amide bonds. The molecule has 0 aliphatic heterocycles. The number of pyridine rings is 1. The maximum Gasteiger partial charge on any atom is 0.534 e. The second-order valence-electron chi connectivity index (χ2n) is 3.55. The van der Waals surface area contributed by atoms with Gasteiger partial charge in [-0.25, -0.2) is 0 Å². The van der Waals surface area contributed by atoms with Gasteiger partial charge in [-0.05, 0) is 57.3 Å². The molecule has 0 radical (unpaired) electrons. The summed E-state index contributed by atoms with van der Waals surface area (Å²) in [7, 11) is -5.72. The Morgan fingerprint density at radius 1 is 1.20 bits per heavy atom. The summed E-state index contributed by atoms with van der Waals surface area (Å²) in [4.78, 5) is 3.90. The number of halogens is 5. The fraction of sp³-hybridized carbons (Fsp3) is 0.100. The van der Waals surface area contributed by atoms with Crippen molar-refractivity contribution < 1.29 is 25.8 Å². The minimum atomic E-state index is -5.72. The van der Waals surface area contributed by atoms with Crippen LogP contribution in [0.3, 0.4) is 0 Å². The molecular weight excluding hydrogens is 525 g/mol. The lowest BCUT2D eigenvalue weighted by Gasteiger charge is -2.13. The molecule has 0 aliphatic carbocycles. The summed E-state index contributed by atoms with van der Waals surface area (Å²) in [6.45, 7) is 0. The van der Waals surface area contributed by atoms with Crippen molar-refractivity contribution in [3.05, 3.63) is 31.5 Å². The summed E-state index contributed by atoms with van der Waals surface area (Å²) in [5.74, 6) is -0.418. The molecule has 1 aromatic carbocycles. The van der Waals surface area contributed by atoms with E-state index in [9.17, 15) is 21.6 Å². The summed E-state index contributed by atoms with van der Waals surface area (Å²) >= 11 is 3.68. The molecule has 0 saturated carbocycles. The van der Waals surface area contributed by atoms with E-state index in [1.165, 1.54) is 12.3 Å². The van der Waals surface area contributed by atoms with Crippen molar-refractivity contribution in [2.45, 2.75) is 5.51 Å². The highest BCUT2D eigenvalue weighted by atomic mass is 127. The first kappa shape index (κ1) is 16.0. The number of hydrogen-bond donors (Lipinski definition) is 0. The monoisotopic (exact) mass is 529 g/mol. The Kier molecular flexibility index (Phi) is 4.35. The SMILES string of the molecule is O=S(=O)(Oc1c(I)cc(I)c2cccnc12)C(F)(F)F. The van der Waals surface area contributed by atoms with Crippen LogP contribution in [0.1, 0.15) is 0 Å². The van der Waals surface area contributed by atoms with Crippen molar-refractivity contribution >= 4 is 66.2 Å². The van der Waals surface area contributed by atoms with Gasteiger partial charge in [-0.2, -0.15) is 21.6 Å². The van der Waals surface area contributed by atoms with Gasteiger partial charge in [0.05, 0.1) is 3.57 Å². The predicted molar refractivity (Wildman–Crippen MR) is 82.8 cm³/mol. The third-order valence-electron chi connectivity index (χ3n) is 2.23. The highest BCUT2D eigenvalue weighted by Gasteiger charge is 2.49. The molecule has 0 unspecified atom stereocenters. The molecule has 4 nitrogen and oxygen atoms in total. The topological polar surface area (TPSA) is 56.3 Å². The van der Waals surface area contributed by atoms with Crippen LogP contribution in [-0.2, 0) is 10.1 Å². The molecule has 0 saturated heterocycles. The lowest BCUT2D eigenvalue weighted by Crippen LogP contribution is -2.28. The number of nitrogens with zero attached hydrogens (tertiary/aromatic N) is 1. The van der Waals surface area contributed by atoms with Crippen molar-refractivity contribution in [1.82, 2.24) is 4.98 Å². The number of fused-ring (bicyclic) bond motifs is 1. The van der Waals surface area contributed by atoms with Crippen LogP contribution in [0.5, 0.6) is 5.75 Å². The van der Waals surface area contributed by atoms with Gasteiger partial charge < -0.3 is 4.18 Å². The molecule has 0 fully saturated rings. The maximum absolute atomic E-state index is 12.4. The smallest absolute Gasteiger partial charge is 0.373 e. The van der Waals surface area contributed by atoms with Crippen LogP contribution < -0.4 is 4.18 Å². The minimum absolute atomic E-state index is 0.0663. The molecule has 108 valence electrons. The van der Waals surface area contributed by atoms with Gasteiger partial charge >= 0.3 is 15.6 Å². The van der Waals surface area contributed by atoms with Crippen molar-refractivity contribution in [2.24, 2.45) is 0 Å². The number of aromatic nitrogens is 1. The van der Waals surface area contributed by atoms with Crippen LogP contribution in [-0.4, -0.2) is 18.9 Å². The van der Waals surface area contributed by atoms with Gasteiger partial charge in [0.2, 0.25) is 0 Å². The van der Waals surface area contributed by atoms with Crippen LogP contribution in [0.15, 0.2) is 24.4 Å². The lowest BCUT2D eigenvalue weighted by atomic mass is 10.2. The van der Waals surface area contributed by atoms with E-state index in [0.29, 0.717) is 5.39 Å². The zero-order valence-electron chi connectivity index (χ0n) is 9.28. The average Bonchev–Trinajstić information content (AvgIpc) is 2.33. The van der Waals surface area contributed by atoms with Gasteiger partial charge in [-0.3, -0.25) is 4.98 Å². The van der Waals surface area contributed by atoms with Gasteiger partial charge in [0.1, 0.15) is 5.52 Å². The van der Waals surface area contributed by atoms with E-state index in [4.69, 9.17) is 0 Å². The van der Waals surface area contributed by atoms with Gasteiger partial charge in [0, 0.05) is 15.2 Å². The number of alkyl halides is 3. The Labute approximate surface area is 139 Å². The van der Waals surface area contributed by atoms with E-state index in [1.54, 1.807) is 34.7 Å². The average molecular weight is 529 g/mol. The predicted octanol–water partition coefficient (Wildman–Crippen LogP) is 3.67. The van der Waals surface area contributed by atoms with E-state index in [0.717, 1.165) is 3.57 Å². The standard InChI is InChI=1S/C10H4F3I2NO3S/c11-10(12,13)20(17,18)19-9-7(15)4-6(14)5-2-1-3-16-8(5)9/h1-4H. The molecule has 0 aliphatic rings. The quantitative estimate of drug-likeness (QED) is 0.339. The summed E-state index contributed by atoms with van der Waals surface area (Å²) in [5, 5.41) is 0.515. The van der Waals surface area contributed by atoms with Crippen LogP contribution in [0.2, 0.25) is 0 Å². The Hall–Kier alpha value is -0.370. The summed E-state index contributed by atoms with van der Waals surface area (Å²) in [6.07, 6.45) is 1.35. The lowest BCUT2D eigenvalue weighted by molar-refractivity contribution is -0.0499. The molecule has 2 rings (SSSR count).